The first-order valence-electron chi connectivity index (χ1n) is 6.10. The molecule has 0 spiro atoms. The van der Waals surface area contributed by atoms with Gasteiger partial charge < -0.3 is 18.6 Å². The van der Waals surface area contributed by atoms with Gasteiger partial charge >= 0.3 is 5.97 Å². The van der Waals surface area contributed by atoms with Crippen LogP contribution in [0.25, 0.3) is 12.2 Å². The Labute approximate surface area is 122 Å². The summed E-state index contributed by atoms with van der Waals surface area (Å²) in [6, 6.07) is 3.33. The third kappa shape index (κ3) is 3.22. The Hall–Kier alpha value is -2.76. The van der Waals surface area contributed by atoms with Crippen molar-refractivity contribution in [3.8, 4) is 11.5 Å². The Morgan fingerprint density at radius 2 is 2.00 bits per heavy atom. The van der Waals surface area contributed by atoms with Gasteiger partial charge in [0.15, 0.2) is 6.39 Å². The molecule has 110 valence electrons. The minimum Gasteiger partial charge on any atom is -0.497 e. The summed E-state index contributed by atoms with van der Waals surface area (Å²) < 4.78 is 20.4. The van der Waals surface area contributed by atoms with Crippen molar-refractivity contribution in [2.45, 2.75) is 0 Å². The molecule has 0 aliphatic heterocycles. The van der Waals surface area contributed by atoms with Gasteiger partial charge in [-0.25, -0.2) is 9.78 Å². The highest BCUT2D eigenvalue weighted by Crippen LogP contribution is 2.30. The van der Waals surface area contributed by atoms with E-state index in [1.54, 1.807) is 30.5 Å². The number of ether oxygens (including phenoxy) is 3. The Bertz CT molecular complexity index is 646. The molecule has 0 saturated heterocycles. The van der Waals surface area contributed by atoms with Gasteiger partial charge in [-0.15, -0.1) is 0 Å². The second-order valence-electron chi connectivity index (χ2n) is 4.02. The van der Waals surface area contributed by atoms with Crippen LogP contribution in [-0.4, -0.2) is 32.3 Å². The van der Waals surface area contributed by atoms with Crippen LogP contribution >= 0.6 is 0 Å². The van der Waals surface area contributed by atoms with Gasteiger partial charge in [-0.1, -0.05) is 6.08 Å². The first kappa shape index (κ1) is 14.6. The van der Waals surface area contributed by atoms with Crippen LogP contribution in [0, 0.1) is 0 Å². The van der Waals surface area contributed by atoms with Crippen molar-refractivity contribution in [3.63, 3.8) is 0 Å². The molecule has 6 heteroatoms. The molecule has 2 rings (SSSR count). The van der Waals surface area contributed by atoms with Crippen LogP contribution in [0.4, 0.5) is 0 Å². The minimum atomic E-state index is -0.494. The predicted octanol–water partition coefficient (Wildman–Crippen LogP) is 2.65. The van der Waals surface area contributed by atoms with Crippen LogP contribution in [0.5, 0.6) is 11.5 Å². The maximum absolute atomic E-state index is 12.0. The van der Waals surface area contributed by atoms with Crippen LogP contribution in [0.1, 0.15) is 21.7 Å². The highest BCUT2D eigenvalue weighted by atomic mass is 16.5. The van der Waals surface area contributed by atoms with E-state index in [9.17, 15) is 4.79 Å². The van der Waals surface area contributed by atoms with E-state index in [4.69, 9.17) is 18.6 Å². The monoisotopic (exact) mass is 289 g/mol. The SMILES string of the molecule is COC(=O)c1c(/C=C/c2cnco2)cc(OC)cc1OC. The van der Waals surface area contributed by atoms with Crippen molar-refractivity contribution in [1.82, 2.24) is 4.98 Å². The average molecular weight is 289 g/mol. The summed E-state index contributed by atoms with van der Waals surface area (Å²) >= 11 is 0. The molecule has 21 heavy (non-hydrogen) atoms. The molecule has 0 fully saturated rings. The van der Waals surface area contributed by atoms with Gasteiger partial charge in [0.1, 0.15) is 22.8 Å². The number of nitrogens with zero attached hydrogens (tertiary/aromatic N) is 1. The highest BCUT2D eigenvalue weighted by molar-refractivity contribution is 5.98. The van der Waals surface area contributed by atoms with Crippen LogP contribution in [0.2, 0.25) is 0 Å². The van der Waals surface area contributed by atoms with E-state index < -0.39 is 5.97 Å². The van der Waals surface area contributed by atoms with Gasteiger partial charge in [0.05, 0.1) is 27.5 Å². The van der Waals surface area contributed by atoms with E-state index >= 15 is 0 Å². The second-order valence-corrected chi connectivity index (χ2v) is 4.02. The van der Waals surface area contributed by atoms with Gasteiger partial charge in [-0.2, -0.15) is 0 Å². The fourth-order valence-corrected chi connectivity index (χ4v) is 1.82. The number of carbonyl (C=O) groups excluding carboxylic acids is 1. The number of rotatable bonds is 5. The van der Waals surface area contributed by atoms with E-state index in [1.165, 1.54) is 27.7 Å². The summed E-state index contributed by atoms with van der Waals surface area (Å²) in [5.41, 5.74) is 0.908. The van der Waals surface area contributed by atoms with E-state index in [0.717, 1.165) is 0 Å². The van der Waals surface area contributed by atoms with Crippen molar-refractivity contribution < 1.29 is 23.4 Å². The van der Waals surface area contributed by atoms with Gasteiger partial charge in [0.2, 0.25) is 0 Å². The van der Waals surface area contributed by atoms with Crippen molar-refractivity contribution >= 4 is 18.1 Å². The third-order valence-corrected chi connectivity index (χ3v) is 2.83. The quantitative estimate of drug-likeness (QED) is 0.788. The molecule has 0 radical (unpaired) electrons. The van der Waals surface area contributed by atoms with Crippen LogP contribution in [0.3, 0.4) is 0 Å². The zero-order chi connectivity index (χ0) is 15.2. The Morgan fingerprint density at radius 1 is 1.19 bits per heavy atom. The summed E-state index contributed by atoms with van der Waals surface area (Å²) in [5.74, 6) is 1.01. The Morgan fingerprint density at radius 3 is 2.57 bits per heavy atom. The number of esters is 1. The lowest BCUT2D eigenvalue weighted by Crippen LogP contribution is -2.07. The lowest BCUT2D eigenvalue weighted by molar-refractivity contribution is 0.0597. The standard InChI is InChI=1S/C15H15NO5/c1-18-12-6-10(4-5-11-8-16-9-21-11)14(15(17)20-3)13(7-12)19-2/h4-9H,1-3H3/b5-4+. The lowest BCUT2D eigenvalue weighted by Gasteiger charge is -2.12. The molecule has 0 bridgehead atoms. The Balaban J connectivity index is 2.52. The van der Waals surface area contributed by atoms with Gasteiger partial charge in [-0.05, 0) is 17.7 Å². The Kier molecular flexibility index (Phi) is 4.61. The van der Waals surface area contributed by atoms with E-state index in [1.807, 2.05) is 0 Å². The number of aromatic nitrogens is 1. The van der Waals surface area contributed by atoms with Crippen LogP contribution < -0.4 is 9.47 Å². The summed E-state index contributed by atoms with van der Waals surface area (Å²) in [6.45, 7) is 0. The number of oxazole rings is 1. The van der Waals surface area contributed by atoms with Gasteiger partial charge in [0.25, 0.3) is 0 Å². The zero-order valence-corrected chi connectivity index (χ0v) is 12.0. The number of methoxy groups -OCH3 is 3. The molecular formula is C15H15NO5. The first-order chi connectivity index (χ1) is 10.2. The first-order valence-corrected chi connectivity index (χ1v) is 6.10. The second kappa shape index (κ2) is 6.60. The third-order valence-electron chi connectivity index (χ3n) is 2.83. The summed E-state index contributed by atoms with van der Waals surface area (Å²) in [7, 11) is 4.33. The molecule has 0 amide bonds. The molecule has 1 aromatic heterocycles. The lowest BCUT2D eigenvalue weighted by atomic mass is 10.0. The zero-order valence-electron chi connectivity index (χ0n) is 12.0. The van der Waals surface area contributed by atoms with E-state index in [-0.39, 0.29) is 0 Å². The summed E-state index contributed by atoms with van der Waals surface area (Å²) in [4.78, 5) is 15.8. The van der Waals surface area contributed by atoms with Gasteiger partial charge in [-0.3, -0.25) is 0 Å². The summed E-state index contributed by atoms with van der Waals surface area (Å²) in [6.07, 6.45) is 6.28. The molecule has 0 atom stereocenters. The molecule has 0 unspecified atom stereocenters. The number of hydrogen-bond donors (Lipinski definition) is 0. The molecule has 1 heterocycles. The topological polar surface area (TPSA) is 70.8 Å². The molecule has 0 saturated carbocycles. The molecule has 2 aromatic rings. The molecular weight excluding hydrogens is 274 g/mol. The fourth-order valence-electron chi connectivity index (χ4n) is 1.82. The van der Waals surface area contributed by atoms with Crippen molar-refractivity contribution in [2.24, 2.45) is 0 Å². The van der Waals surface area contributed by atoms with Crippen LogP contribution in [0.15, 0.2) is 29.1 Å². The maximum Gasteiger partial charge on any atom is 0.342 e. The number of carbonyl (C=O) groups is 1. The van der Waals surface area contributed by atoms with Gasteiger partial charge in [0, 0.05) is 6.07 Å². The summed E-state index contributed by atoms with van der Waals surface area (Å²) in [5, 5.41) is 0. The molecule has 0 N–H and O–H groups in total. The maximum atomic E-state index is 12.0. The highest BCUT2D eigenvalue weighted by Gasteiger charge is 2.18. The molecule has 0 aliphatic rings. The minimum absolute atomic E-state index is 0.316. The molecule has 1 aromatic carbocycles. The van der Waals surface area contributed by atoms with Crippen molar-refractivity contribution in [1.29, 1.82) is 0 Å². The van der Waals surface area contributed by atoms with Crippen LogP contribution in [-0.2, 0) is 4.74 Å². The molecule has 0 aliphatic carbocycles. The normalized spacial score (nSPS) is 10.6. The van der Waals surface area contributed by atoms with Crippen molar-refractivity contribution in [3.05, 3.63) is 41.6 Å². The van der Waals surface area contributed by atoms with Crippen molar-refractivity contribution in [2.75, 3.05) is 21.3 Å². The average Bonchev–Trinajstić information content (AvgIpc) is 3.04. The van der Waals surface area contributed by atoms with E-state index in [2.05, 4.69) is 4.98 Å². The fraction of sp³-hybridized carbons (Fsp3) is 0.200. The largest absolute Gasteiger partial charge is 0.497 e. The molecule has 6 nitrogen and oxygen atoms in total. The van der Waals surface area contributed by atoms with E-state index in [0.29, 0.717) is 28.4 Å². The number of hydrogen-bond acceptors (Lipinski definition) is 6. The predicted molar refractivity (Wildman–Crippen MR) is 76.3 cm³/mol. The smallest absolute Gasteiger partial charge is 0.342 e. The number of benzene rings is 1.